The molecule has 0 spiro atoms. The summed E-state index contributed by atoms with van der Waals surface area (Å²) in [7, 11) is -3.17. The molecular weight excluding hydrogens is 442 g/mol. The van der Waals surface area contributed by atoms with Gasteiger partial charge in [-0.15, -0.1) is 0 Å². The summed E-state index contributed by atoms with van der Waals surface area (Å²) in [4.78, 5) is 18.8. The minimum absolute atomic E-state index is 0.245. The molecule has 0 saturated carbocycles. The van der Waals surface area contributed by atoms with Gasteiger partial charge in [-0.1, -0.05) is 6.08 Å². The first kappa shape index (κ1) is 24.0. The van der Waals surface area contributed by atoms with Gasteiger partial charge in [0.15, 0.2) is 0 Å². The number of carbonyl (C=O) groups is 1. The lowest BCUT2D eigenvalue weighted by Gasteiger charge is -2.40. The molecule has 0 aliphatic carbocycles. The number of sulfonamides is 1. The van der Waals surface area contributed by atoms with Gasteiger partial charge in [0.1, 0.15) is 17.0 Å². The van der Waals surface area contributed by atoms with Crippen molar-refractivity contribution in [1.29, 1.82) is 0 Å². The molecule has 4 heterocycles. The quantitative estimate of drug-likeness (QED) is 0.662. The fraction of sp³-hybridized carbons (Fsp3) is 0.667. The summed E-state index contributed by atoms with van der Waals surface area (Å²) >= 11 is 0. The molecule has 182 valence electrons. The van der Waals surface area contributed by atoms with Crippen molar-refractivity contribution in [2.75, 3.05) is 32.4 Å². The van der Waals surface area contributed by atoms with Crippen LogP contribution in [0.3, 0.4) is 0 Å². The minimum Gasteiger partial charge on any atom is -0.485 e. The van der Waals surface area contributed by atoms with E-state index < -0.39 is 15.6 Å². The Bertz CT molecular complexity index is 1050. The van der Waals surface area contributed by atoms with Crippen LogP contribution in [0.1, 0.15) is 58.2 Å². The zero-order chi connectivity index (χ0) is 24.0. The highest BCUT2D eigenvalue weighted by Crippen LogP contribution is 2.43. The van der Waals surface area contributed by atoms with Crippen molar-refractivity contribution in [2.24, 2.45) is 5.92 Å². The molecule has 0 unspecified atom stereocenters. The maximum absolute atomic E-state index is 12.4. The number of likely N-dealkylation sites (tertiary alicyclic amines) is 1. The molecule has 0 N–H and O–H groups in total. The molecule has 4 rings (SSSR count). The van der Waals surface area contributed by atoms with Crippen LogP contribution in [0, 0.1) is 5.92 Å². The number of fused-ring (bicyclic) bond motifs is 1. The van der Waals surface area contributed by atoms with E-state index in [9.17, 15) is 13.2 Å². The van der Waals surface area contributed by atoms with Gasteiger partial charge in [-0.2, -0.15) is 4.31 Å². The van der Waals surface area contributed by atoms with Gasteiger partial charge in [0, 0.05) is 44.1 Å². The van der Waals surface area contributed by atoms with Crippen LogP contribution >= 0.6 is 0 Å². The van der Waals surface area contributed by atoms with Gasteiger partial charge >= 0.3 is 6.09 Å². The molecule has 1 fully saturated rings. The van der Waals surface area contributed by atoms with E-state index in [1.165, 1.54) is 10.6 Å². The van der Waals surface area contributed by atoms with Gasteiger partial charge in [-0.25, -0.2) is 13.2 Å². The van der Waals surface area contributed by atoms with Gasteiger partial charge in [-0.3, -0.25) is 4.98 Å². The van der Waals surface area contributed by atoms with Crippen LogP contribution in [0.5, 0.6) is 5.75 Å². The first-order valence-corrected chi connectivity index (χ1v) is 13.5. The Morgan fingerprint density at radius 2 is 1.94 bits per heavy atom. The van der Waals surface area contributed by atoms with E-state index in [0.29, 0.717) is 38.5 Å². The topological polar surface area (TPSA) is 89.0 Å². The van der Waals surface area contributed by atoms with Crippen molar-refractivity contribution in [1.82, 2.24) is 14.2 Å². The lowest BCUT2D eigenvalue weighted by Crippen LogP contribution is -2.48. The van der Waals surface area contributed by atoms with Gasteiger partial charge in [0.05, 0.1) is 18.1 Å². The summed E-state index contributed by atoms with van der Waals surface area (Å²) in [5.41, 5.74) is 2.31. The molecular formula is C24H35N3O5S. The fourth-order valence-electron chi connectivity index (χ4n) is 4.97. The molecule has 0 bridgehead atoms. The molecule has 33 heavy (non-hydrogen) atoms. The zero-order valence-corrected chi connectivity index (χ0v) is 21.1. The second kappa shape index (κ2) is 8.58. The molecule has 1 aromatic rings. The van der Waals surface area contributed by atoms with Crippen LogP contribution in [0.4, 0.5) is 4.79 Å². The number of piperidine rings is 1. The number of hydrogen-bond acceptors (Lipinski definition) is 6. The van der Waals surface area contributed by atoms with Gasteiger partial charge in [0.2, 0.25) is 10.0 Å². The molecule has 1 aromatic heterocycles. The molecule has 0 aromatic carbocycles. The normalized spacial score (nSPS) is 24.8. The number of pyridine rings is 1. The Balaban J connectivity index is 1.39. The second-order valence-electron chi connectivity index (χ2n) is 10.6. The Morgan fingerprint density at radius 3 is 2.52 bits per heavy atom. The monoisotopic (exact) mass is 477 g/mol. The van der Waals surface area contributed by atoms with E-state index in [1.807, 2.05) is 26.8 Å². The highest BCUT2D eigenvalue weighted by atomic mass is 32.2. The highest BCUT2D eigenvalue weighted by molar-refractivity contribution is 7.88. The van der Waals surface area contributed by atoms with Crippen molar-refractivity contribution in [3.63, 3.8) is 0 Å². The molecule has 0 radical (unpaired) electrons. The summed E-state index contributed by atoms with van der Waals surface area (Å²) in [6, 6.07) is 2.10. The molecule has 8 nitrogen and oxygen atoms in total. The summed E-state index contributed by atoms with van der Waals surface area (Å²) in [6.07, 6.45) is 7.96. The third kappa shape index (κ3) is 5.35. The Kier molecular flexibility index (Phi) is 6.24. The maximum Gasteiger partial charge on any atom is 0.410 e. The lowest BCUT2D eigenvalue weighted by molar-refractivity contribution is -0.00829. The van der Waals surface area contributed by atoms with Gasteiger partial charge in [-0.05, 0) is 58.6 Å². The summed E-state index contributed by atoms with van der Waals surface area (Å²) in [5.74, 6) is 1.16. The van der Waals surface area contributed by atoms with Crippen molar-refractivity contribution in [2.45, 2.75) is 64.6 Å². The average Bonchev–Trinajstić information content (AvgIpc) is 3.08. The fourth-order valence-corrected chi connectivity index (χ4v) is 5.74. The van der Waals surface area contributed by atoms with Crippen molar-refractivity contribution >= 4 is 21.7 Å². The number of nitrogens with zero attached hydrogens (tertiary/aromatic N) is 3. The van der Waals surface area contributed by atoms with Crippen LogP contribution in [0.25, 0.3) is 5.57 Å². The van der Waals surface area contributed by atoms with E-state index in [4.69, 9.17) is 9.47 Å². The standard InChI is InChI=1S/C24H35N3O5S/c1-23(2,3)32-22(28)26-10-8-19(9-11-26)24(4)15-18-14-20(25-16-21(18)31-24)17-6-12-27(13-7-17)33(5,29)30/h6,14,16,19H,7-13,15H2,1-5H3/t24-/m1/s1. The molecule has 9 heteroatoms. The third-order valence-electron chi connectivity index (χ3n) is 6.81. The largest absolute Gasteiger partial charge is 0.485 e. The van der Waals surface area contributed by atoms with Crippen LogP contribution < -0.4 is 4.74 Å². The van der Waals surface area contributed by atoms with E-state index in [2.05, 4.69) is 18.0 Å². The minimum atomic E-state index is -3.17. The molecule has 1 saturated heterocycles. The predicted molar refractivity (Wildman–Crippen MR) is 127 cm³/mol. The van der Waals surface area contributed by atoms with Crippen LogP contribution in [0.2, 0.25) is 0 Å². The molecule has 1 atom stereocenters. The van der Waals surface area contributed by atoms with E-state index in [0.717, 1.165) is 41.8 Å². The van der Waals surface area contributed by atoms with E-state index >= 15 is 0 Å². The van der Waals surface area contributed by atoms with Gasteiger partial charge in [0.25, 0.3) is 0 Å². The second-order valence-corrected chi connectivity index (χ2v) is 12.6. The van der Waals surface area contributed by atoms with Crippen molar-refractivity contribution < 1.29 is 22.7 Å². The maximum atomic E-state index is 12.4. The number of ether oxygens (including phenoxy) is 2. The van der Waals surface area contributed by atoms with Gasteiger partial charge < -0.3 is 14.4 Å². The number of aromatic nitrogens is 1. The first-order chi connectivity index (χ1) is 15.3. The summed E-state index contributed by atoms with van der Waals surface area (Å²) in [5, 5.41) is 0. The number of amides is 1. The number of hydrogen-bond donors (Lipinski definition) is 0. The molecule has 3 aliphatic rings. The molecule has 3 aliphatic heterocycles. The highest BCUT2D eigenvalue weighted by Gasteiger charge is 2.44. The molecule has 1 amide bonds. The third-order valence-corrected chi connectivity index (χ3v) is 8.08. The summed E-state index contributed by atoms with van der Waals surface area (Å²) < 4.78 is 36.9. The zero-order valence-electron chi connectivity index (χ0n) is 20.3. The van der Waals surface area contributed by atoms with E-state index in [1.54, 1.807) is 11.1 Å². The van der Waals surface area contributed by atoms with Crippen LogP contribution in [0.15, 0.2) is 18.3 Å². The van der Waals surface area contributed by atoms with Crippen molar-refractivity contribution in [3.8, 4) is 5.75 Å². The van der Waals surface area contributed by atoms with Crippen LogP contribution in [-0.4, -0.2) is 72.3 Å². The van der Waals surface area contributed by atoms with Crippen LogP contribution in [-0.2, 0) is 21.2 Å². The van der Waals surface area contributed by atoms with E-state index in [-0.39, 0.29) is 11.7 Å². The summed E-state index contributed by atoms with van der Waals surface area (Å²) in [6.45, 7) is 10.0. The Hall–Kier alpha value is -2.13. The number of carbonyl (C=O) groups excluding carboxylic acids is 1. The number of rotatable bonds is 3. The predicted octanol–water partition coefficient (Wildman–Crippen LogP) is 3.47. The first-order valence-electron chi connectivity index (χ1n) is 11.6. The Morgan fingerprint density at radius 1 is 1.24 bits per heavy atom. The van der Waals surface area contributed by atoms with Crippen molar-refractivity contribution in [3.05, 3.63) is 29.6 Å². The Labute approximate surface area is 197 Å². The lowest BCUT2D eigenvalue weighted by atomic mass is 9.79. The SMILES string of the molecule is CC(C)(C)OC(=O)N1CCC([C@@]2(C)Cc3cc(C4=CCN(S(C)(=O)=O)CC4)ncc3O2)CC1. The average molecular weight is 478 g/mol. The smallest absolute Gasteiger partial charge is 0.410 e.